The summed E-state index contributed by atoms with van der Waals surface area (Å²) in [4.78, 5) is 39.2. The number of halogens is 2. The number of nitrogens with one attached hydrogen (secondary N) is 1. The van der Waals surface area contributed by atoms with E-state index in [0.717, 1.165) is 22.2 Å². The lowest BCUT2D eigenvalue weighted by Crippen LogP contribution is -2.36. The average Bonchev–Trinajstić information content (AvgIpc) is 3.49. The number of amides is 3. The molecular formula is C28H22Cl2N2O7S. The van der Waals surface area contributed by atoms with Gasteiger partial charge in [0, 0.05) is 27.4 Å². The largest absolute Gasteiger partial charge is 0.490 e. The van der Waals surface area contributed by atoms with E-state index in [1.54, 1.807) is 60.7 Å². The summed E-state index contributed by atoms with van der Waals surface area (Å²) in [7, 11) is 0. The Kier molecular flexibility index (Phi) is 8.39. The van der Waals surface area contributed by atoms with Gasteiger partial charge in [-0.15, -0.1) is 0 Å². The molecule has 0 radical (unpaired) electrons. The SMILES string of the molecule is CCOc1cc(/C=C2/SC(=O)N(CC(=O)Nc3ccc4c(c3)OCO4)C2=O)ccc1OCc1ccc(Cl)cc1Cl. The molecule has 2 aliphatic heterocycles. The maximum atomic E-state index is 13.0. The number of imide groups is 1. The predicted molar refractivity (Wildman–Crippen MR) is 152 cm³/mol. The number of hydrogen-bond donors (Lipinski definition) is 1. The van der Waals surface area contributed by atoms with Crippen molar-refractivity contribution in [3.63, 3.8) is 0 Å². The Labute approximate surface area is 243 Å². The lowest BCUT2D eigenvalue weighted by Gasteiger charge is -2.14. The molecule has 0 unspecified atom stereocenters. The zero-order valence-corrected chi connectivity index (χ0v) is 23.4. The highest BCUT2D eigenvalue weighted by molar-refractivity contribution is 8.18. The van der Waals surface area contributed by atoms with Gasteiger partial charge in [0.15, 0.2) is 23.0 Å². The van der Waals surface area contributed by atoms with E-state index in [2.05, 4.69) is 5.32 Å². The second-order valence-corrected chi connectivity index (χ2v) is 10.4. The fourth-order valence-corrected chi connectivity index (χ4v) is 5.20. The van der Waals surface area contributed by atoms with E-state index in [4.69, 9.17) is 42.1 Å². The molecule has 1 N–H and O–H groups in total. The third kappa shape index (κ3) is 6.30. The van der Waals surface area contributed by atoms with Crippen molar-refractivity contribution in [3.8, 4) is 23.0 Å². The molecule has 1 fully saturated rings. The molecule has 3 amide bonds. The van der Waals surface area contributed by atoms with Crippen LogP contribution >= 0.6 is 35.0 Å². The van der Waals surface area contributed by atoms with E-state index in [1.165, 1.54) is 0 Å². The quantitative estimate of drug-likeness (QED) is 0.282. The molecule has 0 atom stereocenters. The maximum absolute atomic E-state index is 13.0. The topological polar surface area (TPSA) is 103 Å². The molecule has 40 heavy (non-hydrogen) atoms. The second kappa shape index (κ2) is 12.1. The van der Waals surface area contributed by atoms with Gasteiger partial charge >= 0.3 is 0 Å². The molecule has 2 aliphatic rings. The van der Waals surface area contributed by atoms with Gasteiger partial charge in [0.2, 0.25) is 12.7 Å². The molecule has 0 saturated carbocycles. The van der Waals surface area contributed by atoms with Gasteiger partial charge in [0.25, 0.3) is 11.1 Å². The van der Waals surface area contributed by atoms with Crippen molar-refractivity contribution in [1.82, 2.24) is 4.90 Å². The van der Waals surface area contributed by atoms with Gasteiger partial charge in [-0.2, -0.15) is 0 Å². The van der Waals surface area contributed by atoms with Crippen LogP contribution in [0.25, 0.3) is 6.08 Å². The van der Waals surface area contributed by atoms with E-state index in [1.807, 2.05) is 6.92 Å². The first-order valence-electron chi connectivity index (χ1n) is 12.1. The smallest absolute Gasteiger partial charge is 0.294 e. The third-order valence-electron chi connectivity index (χ3n) is 5.80. The number of anilines is 1. The highest BCUT2D eigenvalue weighted by Crippen LogP contribution is 2.36. The fourth-order valence-electron chi connectivity index (χ4n) is 3.90. The molecule has 206 valence electrons. The first-order valence-corrected chi connectivity index (χ1v) is 13.7. The van der Waals surface area contributed by atoms with E-state index in [0.29, 0.717) is 50.9 Å². The summed E-state index contributed by atoms with van der Waals surface area (Å²) < 4.78 is 22.2. The molecule has 3 aromatic carbocycles. The highest BCUT2D eigenvalue weighted by atomic mass is 35.5. The van der Waals surface area contributed by atoms with Gasteiger partial charge in [0.05, 0.1) is 11.5 Å². The van der Waals surface area contributed by atoms with Crippen LogP contribution in [-0.4, -0.2) is 41.9 Å². The molecule has 0 aromatic heterocycles. The molecule has 0 aliphatic carbocycles. The average molecular weight is 601 g/mol. The number of thioether (sulfide) groups is 1. The van der Waals surface area contributed by atoms with Gasteiger partial charge in [0.1, 0.15) is 13.2 Å². The Hall–Kier alpha value is -3.86. The van der Waals surface area contributed by atoms with E-state index >= 15 is 0 Å². The first kappa shape index (κ1) is 27.7. The number of ether oxygens (including phenoxy) is 4. The fraction of sp³-hybridized carbons (Fsp3) is 0.179. The molecule has 9 nitrogen and oxygen atoms in total. The molecule has 2 heterocycles. The van der Waals surface area contributed by atoms with Crippen LogP contribution in [0.1, 0.15) is 18.1 Å². The zero-order valence-electron chi connectivity index (χ0n) is 21.1. The van der Waals surface area contributed by atoms with Crippen molar-refractivity contribution >= 4 is 63.8 Å². The van der Waals surface area contributed by atoms with Crippen LogP contribution < -0.4 is 24.3 Å². The van der Waals surface area contributed by atoms with Crippen LogP contribution in [-0.2, 0) is 16.2 Å². The number of hydrogen-bond acceptors (Lipinski definition) is 8. The molecule has 12 heteroatoms. The van der Waals surface area contributed by atoms with Crippen LogP contribution in [0, 0.1) is 0 Å². The Morgan fingerprint density at radius 3 is 2.65 bits per heavy atom. The summed E-state index contributed by atoms with van der Waals surface area (Å²) >= 11 is 13.0. The van der Waals surface area contributed by atoms with Gasteiger partial charge in [-0.25, -0.2) is 0 Å². The van der Waals surface area contributed by atoms with Crippen LogP contribution in [0.3, 0.4) is 0 Å². The van der Waals surface area contributed by atoms with Crippen molar-refractivity contribution in [2.75, 3.05) is 25.3 Å². The summed E-state index contributed by atoms with van der Waals surface area (Å²) in [5, 5.41) is 3.15. The normalized spacial score (nSPS) is 15.1. The van der Waals surface area contributed by atoms with Crippen LogP contribution in [0.15, 0.2) is 59.5 Å². The van der Waals surface area contributed by atoms with Gasteiger partial charge in [-0.3, -0.25) is 19.3 Å². The highest BCUT2D eigenvalue weighted by Gasteiger charge is 2.36. The van der Waals surface area contributed by atoms with Crippen molar-refractivity contribution in [2.24, 2.45) is 0 Å². The lowest BCUT2D eigenvalue weighted by molar-refractivity contribution is -0.127. The third-order valence-corrected chi connectivity index (χ3v) is 7.29. The number of benzene rings is 3. The number of carbonyl (C=O) groups excluding carboxylic acids is 3. The molecule has 5 rings (SSSR count). The van der Waals surface area contributed by atoms with Crippen LogP contribution in [0.5, 0.6) is 23.0 Å². The van der Waals surface area contributed by atoms with Crippen molar-refractivity contribution in [1.29, 1.82) is 0 Å². The van der Waals surface area contributed by atoms with Crippen LogP contribution in [0.4, 0.5) is 10.5 Å². The number of nitrogens with zero attached hydrogens (tertiary/aromatic N) is 1. The monoisotopic (exact) mass is 600 g/mol. The zero-order chi connectivity index (χ0) is 28.2. The summed E-state index contributed by atoms with van der Waals surface area (Å²) in [6.45, 7) is 2.10. The summed E-state index contributed by atoms with van der Waals surface area (Å²) in [6.07, 6.45) is 1.57. The van der Waals surface area contributed by atoms with Gasteiger partial charge in [-0.1, -0.05) is 35.3 Å². The van der Waals surface area contributed by atoms with Gasteiger partial charge in [-0.05, 0) is 66.7 Å². The van der Waals surface area contributed by atoms with Crippen molar-refractivity contribution in [3.05, 3.63) is 80.7 Å². The van der Waals surface area contributed by atoms with Crippen LogP contribution in [0.2, 0.25) is 10.0 Å². The Morgan fingerprint density at radius 2 is 1.85 bits per heavy atom. The molecule has 0 spiro atoms. The molecular weight excluding hydrogens is 579 g/mol. The number of fused-ring (bicyclic) bond motifs is 1. The molecule has 0 bridgehead atoms. The molecule has 1 saturated heterocycles. The second-order valence-electron chi connectivity index (χ2n) is 8.55. The van der Waals surface area contributed by atoms with Gasteiger partial charge < -0.3 is 24.3 Å². The maximum Gasteiger partial charge on any atom is 0.294 e. The van der Waals surface area contributed by atoms with E-state index in [9.17, 15) is 14.4 Å². The van der Waals surface area contributed by atoms with Crippen molar-refractivity contribution in [2.45, 2.75) is 13.5 Å². The summed E-state index contributed by atoms with van der Waals surface area (Å²) in [6, 6.07) is 15.2. The Morgan fingerprint density at radius 1 is 1.02 bits per heavy atom. The Bertz CT molecular complexity index is 1530. The standard InChI is InChI=1S/C28H22Cl2N2O7S/c1-2-36-23-9-16(3-7-21(23)37-14-17-4-5-18(29)11-20(17)30)10-25-27(34)32(28(35)40-25)13-26(33)31-19-6-8-22-24(12-19)39-15-38-22/h3-12H,2,13-15H2,1H3,(H,31,33)/b25-10+. The number of carbonyl (C=O) groups is 3. The minimum absolute atomic E-state index is 0.107. The van der Waals surface area contributed by atoms with E-state index in [-0.39, 0.29) is 18.3 Å². The minimum Gasteiger partial charge on any atom is -0.490 e. The predicted octanol–water partition coefficient (Wildman–Crippen LogP) is 6.37. The summed E-state index contributed by atoms with van der Waals surface area (Å²) in [5.41, 5.74) is 1.84. The first-order chi connectivity index (χ1) is 19.3. The van der Waals surface area contributed by atoms with Crippen molar-refractivity contribution < 1.29 is 33.3 Å². The molecule has 3 aromatic rings. The minimum atomic E-state index is -0.563. The number of rotatable bonds is 9. The summed E-state index contributed by atoms with van der Waals surface area (Å²) in [5.74, 6) is 0.937. The van der Waals surface area contributed by atoms with E-state index < -0.39 is 23.6 Å². The Balaban J connectivity index is 1.25. The lowest BCUT2D eigenvalue weighted by atomic mass is 10.1.